The predicted molar refractivity (Wildman–Crippen MR) is 85.0 cm³/mol. The molecule has 0 heterocycles. The van der Waals surface area contributed by atoms with Crippen LogP contribution in [0.4, 0.5) is 0 Å². The van der Waals surface area contributed by atoms with Gasteiger partial charge in [0, 0.05) is 18.9 Å². The Morgan fingerprint density at radius 3 is 2.76 bits per heavy atom. The van der Waals surface area contributed by atoms with E-state index in [1.807, 2.05) is 18.2 Å². The van der Waals surface area contributed by atoms with E-state index in [0.717, 1.165) is 12.8 Å². The van der Waals surface area contributed by atoms with E-state index >= 15 is 0 Å². The van der Waals surface area contributed by atoms with Gasteiger partial charge in [0.2, 0.25) is 5.91 Å². The molecule has 3 nitrogen and oxygen atoms in total. The van der Waals surface area contributed by atoms with Gasteiger partial charge in [0.1, 0.15) is 0 Å². The third-order valence-corrected chi connectivity index (χ3v) is 4.00. The van der Waals surface area contributed by atoms with Crippen LogP contribution in [-0.4, -0.2) is 23.7 Å². The molecule has 3 unspecified atom stereocenters. The molecule has 0 radical (unpaired) electrons. The van der Waals surface area contributed by atoms with Crippen LogP contribution in [0.3, 0.4) is 0 Å². The molecule has 0 saturated heterocycles. The highest BCUT2D eigenvalue weighted by Crippen LogP contribution is 2.22. The minimum Gasteiger partial charge on any atom is -0.393 e. The Labute approximate surface area is 127 Å². The standard InChI is InChI=1S/C18H25NO2/c1-14(20)11-17(16-9-3-2-4-10-16)13-19-18(21)12-15-7-5-6-8-15/h2-5,7,9-10,14-15,17,20H,6,8,11-13H2,1H3,(H,19,21). The van der Waals surface area contributed by atoms with E-state index in [-0.39, 0.29) is 17.9 Å². The van der Waals surface area contributed by atoms with Gasteiger partial charge in [0.15, 0.2) is 0 Å². The molecule has 1 aromatic carbocycles. The number of carbonyl (C=O) groups excluding carboxylic acids is 1. The summed E-state index contributed by atoms with van der Waals surface area (Å²) < 4.78 is 0. The fourth-order valence-electron chi connectivity index (χ4n) is 2.89. The van der Waals surface area contributed by atoms with E-state index < -0.39 is 0 Å². The van der Waals surface area contributed by atoms with Gasteiger partial charge < -0.3 is 10.4 Å². The van der Waals surface area contributed by atoms with Crippen molar-refractivity contribution in [1.29, 1.82) is 0 Å². The van der Waals surface area contributed by atoms with Crippen LogP contribution in [-0.2, 0) is 4.79 Å². The largest absolute Gasteiger partial charge is 0.393 e. The molecule has 1 aliphatic carbocycles. The lowest BCUT2D eigenvalue weighted by Crippen LogP contribution is -2.30. The molecular weight excluding hydrogens is 262 g/mol. The van der Waals surface area contributed by atoms with Gasteiger partial charge in [0.25, 0.3) is 0 Å². The zero-order chi connectivity index (χ0) is 15.1. The lowest BCUT2D eigenvalue weighted by atomic mass is 9.93. The molecule has 0 spiro atoms. The highest BCUT2D eigenvalue weighted by atomic mass is 16.3. The van der Waals surface area contributed by atoms with Crippen molar-refractivity contribution in [1.82, 2.24) is 5.32 Å². The lowest BCUT2D eigenvalue weighted by molar-refractivity contribution is -0.121. The van der Waals surface area contributed by atoms with Gasteiger partial charge in [0.05, 0.1) is 6.10 Å². The molecule has 2 N–H and O–H groups in total. The number of hydrogen-bond donors (Lipinski definition) is 2. The van der Waals surface area contributed by atoms with Crippen molar-refractivity contribution < 1.29 is 9.90 Å². The van der Waals surface area contributed by atoms with Crippen molar-refractivity contribution in [2.24, 2.45) is 5.92 Å². The van der Waals surface area contributed by atoms with Crippen molar-refractivity contribution in [3.8, 4) is 0 Å². The second-order valence-electron chi connectivity index (χ2n) is 5.97. The van der Waals surface area contributed by atoms with E-state index in [1.54, 1.807) is 6.92 Å². The average molecular weight is 287 g/mol. The summed E-state index contributed by atoms with van der Waals surface area (Å²) in [6, 6.07) is 10.1. The molecule has 0 aliphatic heterocycles. The Bertz CT molecular complexity index is 467. The molecule has 3 atom stereocenters. The maximum atomic E-state index is 12.0. The highest BCUT2D eigenvalue weighted by Gasteiger charge is 2.17. The van der Waals surface area contributed by atoms with Crippen LogP contribution in [0.25, 0.3) is 0 Å². The maximum Gasteiger partial charge on any atom is 0.220 e. The summed E-state index contributed by atoms with van der Waals surface area (Å²) in [5, 5.41) is 12.7. The fraction of sp³-hybridized carbons (Fsp3) is 0.500. The second-order valence-corrected chi connectivity index (χ2v) is 5.97. The Morgan fingerprint density at radius 2 is 2.14 bits per heavy atom. The Kier molecular flexibility index (Phi) is 6.00. The maximum absolute atomic E-state index is 12.0. The van der Waals surface area contributed by atoms with E-state index in [4.69, 9.17) is 0 Å². The summed E-state index contributed by atoms with van der Waals surface area (Å²) in [5.74, 6) is 0.671. The van der Waals surface area contributed by atoms with Gasteiger partial charge in [-0.05, 0) is 37.7 Å². The SMILES string of the molecule is CC(O)CC(CNC(=O)CC1C=CCC1)c1ccccc1. The van der Waals surface area contributed by atoms with Crippen LogP contribution < -0.4 is 5.32 Å². The van der Waals surface area contributed by atoms with E-state index in [1.165, 1.54) is 5.56 Å². The number of allylic oxidation sites excluding steroid dienone is 2. The van der Waals surface area contributed by atoms with Crippen molar-refractivity contribution in [2.45, 2.75) is 44.6 Å². The molecule has 0 aromatic heterocycles. The molecule has 114 valence electrons. The first-order chi connectivity index (χ1) is 10.1. The molecule has 21 heavy (non-hydrogen) atoms. The molecule has 3 heteroatoms. The Morgan fingerprint density at radius 1 is 1.38 bits per heavy atom. The molecule has 0 fully saturated rings. The summed E-state index contributed by atoms with van der Waals surface area (Å²) in [7, 11) is 0. The number of nitrogens with one attached hydrogen (secondary N) is 1. The fourth-order valence-corrected chi connectivity index (χ4v) is 2.89. The van der Waals surface area contributed by atoms with Crippen LogP contribution in [0.1, 0.15) is 44.1 Å². The van der Waals surface area contributed by atoms with E-state index in [0.29, 0.717) is 25.3 Å². The van der Waals surface area contributed by atoms with Gasteiger partial charge in [-0.2, -0.15) is 0 Å². The normalized spacial score (nSPS) is 20.2. The first kappa shape index (κ1) is 15.8. The molecule has 1 aromatic rings. The van der Waals surface area contributed by atoms with Gasteiger partial charge in [-0.3, -0.25) is 4.79 Å². The van der Waals surface area contributed by atoms with E-state index in [9.17, 15) is 9.90 Å². The third kappa shape index (κ3) is 5.35. The third-order valence-electron chi connectivity index (χ3n) is 4.00. The van der Waals surface area contributed by atoms with E-state index in [2.05, 4.69) is 29.6 Å². The summed E-state index contributed by atoms with van der Waals surface area (Å²) >= 11 is 0. The molecule has 1 aliphatic rings. The minimum absolute atomic E-state index is 0.109. The number of carbonyl (C=O) groups is 1. The molecule has 2 rings (SSSR count). The number of rotatable bonds is 7. The molecule has 1 amide bonds. The Hall–Kier alpha value is -1.61. The van der Waals surface area contributed by atoms with Crippen molar-refractivity contribution in [3.05, 3.63) is 48.0 Å². The van der Waals surface area contributed by atoms with Crippen molar-refractivity contribution in [3.63, 3.8) is 0 Å². The molecular formula is C18H25NO2. The quantitative estimate of drug-likeness (QED) is 0.757. The smallest absolute Gasteiger partial charge is 0.220 e. The van der Waals surface area contributed by atoms with Crippen LogP contribution in [0, 0.1) is 5.92 Å². The first-order valence-corrected chi connectivity index (χ1v) is 7.81. The monoisotopic (exact) mass is 287 g/mol. The highest BCUT2D eigenvalue weighted by molar-refractivity contribution is 5.76. The minimum atomic E-state index is -0.370. The summed E-state index contributed by atoms with van der Waals surface area (Å²) in [5.41, 5.74) is 1.17. The van der Waals surface area contributed by atoms with Gasteiger partial charge in [-0.15, -0.1) is 0 Å². The predicted octanol–water partition coefficient (Wildman–Crippen LogP) is 3.01. The summed E-state index contributed by atoms with van der Waals surface area (Å²) in [6.45, 7) is 2.38. The summed E-state index contributed by atoms with van der Waals surface area (Å²) in [6.07, 6.45) is 7.34. The van der Waals surface area contributed by atoms with Crippen LogP contribution in [0.2, 0.25) is 0 Å². The Balaban J connectivity index is 1.86. The second kappa shape index (κ2) is 7.99. The first-order valence-electron chi connectivity index (χ1n) is 7.81. The molecule has 0 bridgehead atoms. The number of aliphatic hydroxyl groups is 1. The van der Waals surface area contributed by atoms with Crippen LogP contribution in [0.5, 0.6) is 0 Å². The topological polar surface area (TPSA) is 49.3 Å². The number of amides is 1. The zero-order valence-corrected chi connectivity index (χ0v) is 12.7. The summed E-state index contributed by atoms with van der Waals surface area (Å²) in [4.78, 5) is 12.0. The van der Waals surface area contributed by atoms with Crippen LogP contribution in [0.15, 0.2) is 42.5 Å². The van der Waals surface area contributed by atoms with Gasteiger partial charge in [-0.25, -0.2) is 0 Å². The average Bonchev–Trinajstić information content (AvgIpc) is 2.97. The number of benzene rings is 1. The van der Waals surface area contributed by atoms with Gasteiger partial charge in [-0.1, -0.05) is 42.5 Å². The lowest BCUT2D eigenvalue weighted by Gasteiger charge is -2.20. The van der Waals surface area contributed by atoms with Gasteiger partial charge >= 0.3 is 0 Å². The molecule has 0 saturated carbocycles. The zero-order valence-electron chi connectivity index (χ0n) is 12.7. The number of hydrogen-bond acceptors (Lipinski definition) is 2. The number of aliphatic hydroxyl groups excluding tert-OH is 1. The van der Waals surface area contributed by atoms with Crippen LogP contribution >= 0.6 is 0 Å². The van der Waals surface area contributed by atoms with Crippen molar-refractivity contribution in [2.75, 3.05) is 6.54 Å². The van der Waals surface area contributed by atoms with Crippen molar-refractivity contribution >= 4 is 5.91 Å².